The highest BCUT2D eigenvalue weighted by Gasteiger charge is 2.32. The van der Waals surface area contributed by atoms with Crippen molar-refractivity contribution in [1.82, 2.24) is 4.31 Å². The summed E-state index contributed by atoms with van der Waals surface area (Å²) < 4.78 is 36.6. The number of methoxy groups -OCH3 is 2. The van der Waals surface area contributed by atoms with Crippen molar-refractivity contribution in [2.45, 2.75) is 25.7 Å². The molecule has 0 unspecified atom stereocenters. The van der Waals surface area contributed by atoms with E-state index in [1.165, 1.54) is 36.7 Å². The first-order chi connectivity index (χ1) is 16.7. The molecule has 188 valence electrons. The quantitative estimate of drug-likeness (QED) is 0.524. The summed E-state index contributed by atoms with van der Waals surface area (Å²) in [5.41, 5.74) is 1.47. The zero-order valence-electron chi connectivity index (χ0n) is 19.9. The third kappa shape index (κ3) is 7.12. The lowest BCUT2D eigenvalue weighted by Crippen LogP contribution is -2.44. The maximum atomic E-state index is 13.0. The Morgan fingerprint density at radius 1 is 1.00 bits per heavy atom. The minimum absolute atomic E-state index is 0.0138. The molecular weight excluding hydrogens is 472 g/mol. The van der Waals surface area contributed by atoms with Crippen molar-refractivity contribution in [1.29, 1.82) is 0 Å². The second-order valence-corrected chi connectivity index (χ2v) is 10.5. The van der Waals surface area contributed by atoms with E-state index < -0.39 is 27.9 Å². The summed E-state index contributed by atoms with van der Waals surface area (Å²) in [5, 5.41) is 2.71. The van der Waals surface area contributed by atoms with Crippen LogP contribution in [0.5, 0.6) is 0 Å². The second-order valence-electron chi connectivity index (χ2n) is 8.37. The van der Waals surface area contributed by atoms with Gasteiger partial charge >= 0.3 is 11.9 Å². The van der Waals surface area contributed by atoms with E-state index in [4.69, 9.17) is 9.47 Å². The number of carbonyl (C=O) groups is 3. The number of nitrogens with one attached hydrogen (secondary N) is 1. The van der Waals surface area contributed by atoms with Gasteiger partial charge in [0.1, 0.15) is 0 Å². The Morgan fingerprint density at radius 3 is 2.23 bits per heavy atom. The molecule has 9 nitrogen and oxygen atoms in total. The highest BCUT2D eigenvalue weighted by molar-refractivity contribution is 7.89. The zero-order chi connectivity index (χ0) is 25.4. The summed E-state index contributed by atoms with van der Waals surface area (Å²) in [7, 11) is -1.08. The van der Waals surface area contributed by atoms with Crippen molar-refractivity contribution in [2.75, 3.05) is 38.4 Å². The van der Waals surface area contributed by atoms with Gasteiger partial charge in [-0.1, -0.05) is 30.3 Å². The molecule has 2 aromatic carbocycles. The summed E-state index contributed by atoms with van der Waals surface area (Å²) in [6.07, 6.45) is 2.25. The van der Waals surface area contributed by atoms with Gasteiger partial charge in [0, 0.05) is 18.8 Å². The van der Waals surface area contributed by atoms with Crippen molar-refractivity contribution in [3.05, 3.63) is 65.2 Å². The number of piperidine rings is 1. The molecule has 1 amide bonds. The van der Waals surface area contributed by atoms with Crippen LogP contribution < -0.4 is 5.32 Å². The van der Waals surface area contributed by atoms with Crippen LogP contribution in [-0.2, 0) is 30.7 Å². The average molecular weight is 503 g/mol. The van der Waals surface area contributed by atoms with Crippen molar-refractivity contribution >= 4 is 33.6 Å². The second kappa shape index (κ2) is 11.9. The van der Waals surface area contributed by atoms with Crippen LogP contribution >= 0.6 is 0 Å². The number of aryl methyl sites for hydroxylation is 1. The number of rotatable bonds is 9. The van der Waals surface area contributed by atoms with E-state index in [0.717, 1.165) is 5.56 Å². The molecule has 1 heterocycles. The van der Waals surface area contributed by atoms with E-state index in [-0.39, 0.29) is 35.0 Å². The van der Waals surface area contributed by atoms with Crippen LogP contribution in [0.15, 0.2) is 48.5 Å². The minimum atomic E-state index is -3.50. The number of nitrogens with zero attached hydrogens (tertiary/aromatic N) is 1. The molecule has 1 N–H and O–H groups in total. The smallest absolute Gasteiger partial charge is 0.337 e. The summed E-state index contributed by atoms with van der Waals surface area (Å²) in [5.74, 6) is -2.27. The first-order valence-electron chi connectivity index (χ1n) is 11.4. The number of carbonyl (C=O) groups excluding carboxylic acids is 3. The molecule has 3 rings (SSSR count). The zero-order valence-corrected chi connectivity index (χ0v) is 20.7. The number of hydrogen-bond acceptors (Lipinski definition) is 7. The standard InChI is InChI=1S/C25H30N2O7S/c1-33-24(29)20-14-21(25(30)34-2)16-22(15-20)26-23(28)19-11-6-12-27(17-19)35(31,32)13-7-10-18-8-4-3-5-9-18/h3-5,8-9,14-16,19H,6-7,10-13,17H2,1-2H3,(H,26,28)/t19-/m1/s1. The molecule has 0 aromatic heterocycles. The minimum Gasteiger partial charge on any atom is -0.465 e. The van der Waals surface area contributed by atoms with Gasteiger partial charge in [-0.2, -0.15) is 0 Å². The van der Waals surface area contributed by atoms with Gasteiger partial charge in [0.2, 0.25) is 15.9 Å². The fourth-order valence-electron chi connectivity index (χ4n) is 4.06. The molecule has 0 radical (unpaired) electrons. The van der Waals surface area contributed by atoms with Crippen molar-refractivity contribution in [3.63, 3.8) is 0 Å². The van der Waals surface area contributed by atoms with E-state index in [1.807, 2.05) is 30.3 Å². The molecule has 0 aliphatic carbocycles. The van der Waals surface area contributed by atoms with Crippen molar-refractivity contribution in [3.8, 4) is 0 Å². The molecule has 10 heteroatoms. The summed E-state index contributed by atoms with van der Waals surface area (Å²) in [6, 6.07) is 13.8. The van der Waals surface area contributed by atoms with Crippen LogP contribution in [0.1, 0.15) is 45.5 Å². The Kier molecular flexibility index (Phi) is 9.00. The van der Waals surface area contributed by atoms with Crippen LogP contribution in [0.25, 0.3) is 0 Å². The Hall–Kier alpha value is -3.24. The molecule has 2 aromatic rings. The number of hydrogen-bond donors (Lipinski definition) is 1. The molecule has 0 bridgehead atoms. The number of amides is 1. The summed E-state index contributed by atoms with van der Waals surface area (Å²) >= 11 is 0. The van der Waals surface area contributed by atoms with Crippen molar-refractivity contribution in [2.24, 2.45) is 5.92 Å². The average Bonchev–Trinajstić information content (AvgIpc) is 2.88. The van der Waals surface area contributed by atoms with Gasteiger partial charge in [0.25, 0.3) is 0 Å². The predicted octanol–water partition coefficient (Wildman–Crippen LogP) is 2.87. The Bertz CT molecular complexity index is 1130. The first-order valence-corrected chi connectivity index (χ1v) is 13.0. The van der Waals surface area contributed by atoms with Gasteiger partial charge in [0.15, 0.2) is 0 Å². The molecular formula is C25H30N2O7S. The van der Waals surface area contributed by atoms with E-state index in [9.17, 15) is 22.8 Å². The van der Waals surface area contributed by atoms with E-state index in [1.54, 1.807) is 0 Å². The normalized spacial score (nSPS) is 16.3. The maximum Gasteiger partial charge on any atom is 0.337 e. The summed E-state index contributed by atoms with van der Waals surface area (Å²) in [4.78, 5) is 36.9. The lowest BCUT2D eigenvalue weighted by molar-refractivity contribution is -0.120. The van der Waals surface area contributed by atoms with Gasteiger partial charge in [-0.05, 0) is 49.4 Å². The van der Waals surface area contributed by atoms with Gasteiger partial charge in [-0.15, -0.1) is 0 Å². The van der Waals surface area contributed by atoms with Crippen LogP contribution in [0.4, 0.5) is 5.69 Å². The first kappa shape index (κ1) is 26.4. The maximum absolute atomic E-state index is 13.0. The fraction of sp³-hybridized carbons (Fsp3) is 0.400. The van der Waals surface area contributed by atoms with Crippen LogP contribution in [-0.4, -0.2) is 63.6 Å². The van der Waals surface area contributed by atoms with Gasteiger partial charge in [-0.25, -0.2) is 22.3 Å². The number of benzene rings is 2. The van der Waals surface area contributed by atoms with Gasteiger partial charge in [0.05, 0.1) is 37.0 Å². The number of esters is 2. The van der Waals surface area contributed by atoms with Crippen LogP contribution in [0.3, 0.4) is 0 Å². The molecule has 35 heavy (non-hydrogen) atoms. The number of sulfonamides is 1. The molecule has 1 aliphatic rings. The van der Waals surface area contributed by atoms with Crippen LogP contribution in [0.2, 0.25) is 0 Å². The number of ether oxygens (including phenoxy) is 2. The SMILES string of the molecule is COC(=O)c1cc(NC(=O)[C@@H]2CCCN(S(=O)(=O)CCCc3ccccc3)C2)cc(C(=O)OC)c1. The molecule has 0 spiro atoms. The third-order valence-corrected chi connectivity index (χ3v) is 7.82. The largest absolute Gasteiger partial charge is 0.465 e. The van der Waals surface area contributed by atoms with E-state index in [0.29, 0.717) is 32.2 Å². The molecule has 0 saturated carbocycles. The van der Waals surface area contributed by atoms with Gasteiger partial charge in [-0.3, -0.25) is 4.79 Å². The highest BCUT2D eigenvalue weighted by Crippen LogP contribution is 2.23. The predicted molar refractivity (Wildman–Crippen MR) is 131 cm³/mol. The Balaban J connectivity index is 1.65. The van der Waals surface area contributed by atoms with Crippen LogP contribution in [0, 0.1) is 5.92 Å². The highest BCUT2D eigenvalue weighted by atomic mass is 32.2. The Labute approximate surface area is 205 Å². The summed E-state index contributed by atoms with van der Waals surface area (Å²) in [6.45, 7) is 0.460. The molecule has 1 fully saturated rings. The lowest BCUT2D eigenvalue weighted by Gasteiger charge is -2.31. The van der Waals surface area contributed by atoms with Crippen molar-refractivity contribution < 1.29 is 32.3 Å². The molecule has 1 saturated heterocycles. The fourth-order valence-corrected chi connectivity index (χ4v) is 5.64. The lowest BCUT2D eigenvalue weighted by atomic mass is 9.98. The van der Waals surface area contributed by atoms with E-state index in [2.05, 4.69) is 5.32 Å². The van der Waals surface area contributed by atoms with Gasteiger partial charge < -0.3 is 14.8 Å². The molecule has 1 atom stereocenters. The van der Waals surface area contributed by atoms with E-state index >= 15 is 0 Å². The third-order valence-electron chi connectivity index (χ3n) is 5.90. The molecule has 1 aliphatic heterocycles. The topological polar surface area (TPSA) is 119 Å². The number of anilines is 1. The monoisotopic (exact) mass is 502 g/mol. The Morgan fingerprint density at radius 2 is 1.63 bits per heavy atom.